The molecule has 100 valence electrons. The second-order valence-corrected chi connectivity index (χ2v) is 3.65. The Bertz CT molecular complexity index is 567. The van der Waals surface area contributed by atoms with Crippen LogP contribution >= 0.6 is 0 Å². The largest absolute Gasteiger partial charge is 0.486 e. The number of halogens is 2. The molecule has 0 atom stereocenters. The van der Waals surface area contributed by atoms with Crippen molar-refractivity contribution < 1.29 is 23.4 Å². The molecule has 0 aliphatic rings. The smallest absolute Gasteiger partial charge is 0.335 e. The highest BCUT2D eigenvalue weighted by molar-refractivity contribution is 5.87. The van der Waals surface area contributed by atoms with Crippen LogP contribution in [0, 0.1) is 0 Å². The Kier molecular flexibility index (Phi) is 3.74. The first-order valence-electron chi connectivity index (χ1n) is 5.34. The molecule has 0 radical (unpaired) electrons. The van der Waals surface area contributed by atoms with Crippen LogP contribution in [-0.2, 0) is 6.61 Å². The molecule has 2 aromatic rings. The zero-order chi connectivity index (χ0) is 13.8. The SMILES string of the molecule is O=C(O)c1ccc(OCc2nccn2C(F)F)cc1. The molecule has 0 unspecified atom stereocenters. The molecule has 1 heterocycles. The molecule has 1 N–H and O–H groups in total. The van der Waals surface area contributed by atoms with E-state index >= 15 is 0 Å². The van der Waals surface area contributed by atoms with Crippen LogP contribution in [0.1, 0.15) is 22.7 Å². The van der Waals surface area contributed by atoms with Gasteiger partial charge in [-0.15, -0.1) is 0 Å². The van der Waals surface area contributed by atoms with Gasteiger partial charge in [-0.25, -0.2) is 9.78 Å². The van der Waals surface area contributed by atoms with Gasteiger partial charge in [0.25, 0.3) is 0 Å². The molecule has 1 aromatic heterocycles. The first-order chi connectivity index (χ1) is 9.08. The first-order valence-corrected chi connectivity index (χ1v) is 5.34. The monoisotopic (exact) mass is 268 g/mol. The summed E-state index contributed by atoms with van der Waals surface area (Å²) < 4.78 is 31.0. The van der Waals surface area contributed by atoms with Crippen LogP contribution in [0.25, 0.3) is 0 Å². The van der Waals surface area contributed by atoms with Crippen molar-refractivity contribution in [2.24, 2.45) is 0 Å². The summed E-state index contributed by atoms with van der Waals surface area (Å²) in [6.07, 6.45) is 2.43. The summed E-state index contributed by atoms with van der Waals surface area (Å²) in [4.78, 5) is 14.4. The Morgan fingerprint density at radius 1 is 1.37 bits per heavy atom. The summed E-state index contributed by atoms with van der Waals surface area (Å²) in [6, 6.07) is 5.66. The van der Waals surface area contributed by atoms with E-state index in [1.807, 2.05) is 0 Å². The summed E-state index contributed by atoms with van der Waals surface area (Å²) in [5.74, 6) is -0.564. The number of hydrogen-bond acceptors (Lipinski definition) is 3. The van der Waals surface area contributed by atoms with Gasteiger partial charge in [-0.05, 0) is 24.3 Å². The number of aromatic nitrogens is 2. The summed E-state index contributed by atoms with van der Waals surface area (Å²) >= 11 is 0. The number of rotatable bonds is 5. The number of carboxylic acid groups (broad SMARTS) is 1. The zero-order valence-electron chi connectivity index (χ0n) is 9.66. The minimum absolute atomic E-state index is 0.0947. The van der Waals surface area contributed by atoms with E-state index in [9.17, 15) is 13.6 Å². The van der Waals surface area contributed by atoms with Crippen molar-refractivity contribution in [1.29, 1.82) is 0 Å². The second kappa shape index (κ2) is 5.47. The number of hydrogen-bond donors (Lipinski definition) is 1. The maximum atomic E-state index is 12.5. The summed E-state index contributed by atoms with van der Waals surface area (Å²) in [5, 5.41) is 8.72. The fourth-order valence-corrected chi connectivity index (χ4v) is 1.48. The average molecular weight is 268 g/mol. The van der Waals surface area contributed by atoms with Crippen LogP contribution in [0.2, 0.25) is 0 Å². The predicted octanol–water partition coefficient (Wildman–Crippen LogP) is 2.56. The van der Waals surface area contributed by atoms with E-state index in [0.717, 1.165) is 6.20 Å². The minimum atomic E-state index is -2.67. The molecule has 0 bridgehead atoms. The van der Waals surface area contributed by atoms with E-state index < -0.39 is 12.5 Å². The highest BCUT2D eigenvalue weighted by Crippen LogP contribution is 2.16. The van der Waals surface area contributed by atoms with Crippen LogP contribution in [0.5, 0.6) is 5.75 Å². The van der Waals surface area contributed by atoms with Crippen molar-refractivity contribution in [3.63, 3.8) is 0 Å². The van der Waals surface area contributed by atoms with Crippen LogP contribution < -0.4 is 4.74 Å². The van der Waals surface area contributed by atoms with Gasteiger partial charge >= 0.3 is 12.5 Å². The third-order valence-corrected chi connectivity index (χ3v) is 2.43. The van der Waals surface area contributed by atoms with E-state index in [1.54, 1.807) is 0 Å². The maximum Gasteiger partial charge on any atom is 0.335 e. The third kappa shape index (κ3) is 3.06. The Morgan fingerprint density at radius 2 is 2.05 bits per heavy atom. The molecular weight excluding hydrogens is 258 g/mol. The fourth-order valence-electron chi connectivity index (χ4n) is 1.48. The number of imidazole rings is 1. The number of carboxylic acids is 1. The highest BCUT2D eigenvalue weighted by atomic mass is 19.3. The molecule has 0 saturated carbocycles. The lowest BCUT2D eigenvalue weighted by Gasteiger charge is -2.08. The molecule has 0 amide bonds. The molecule has 0 saturated heterocycles. The average Bonchev–Trinajstić information content (AvgIpc) is 2.85. The molecule has 0 aliphatic heterocycles. The molecule has 19 heavy (non-hydrogen) atoms. The van der Waals surface area contributed by atoms with E-state index in [0.29, 0.717) is 10.3 Å². The standard InChI is InChI=1S/C12H10F2N2O3/c13-12(14)16-6-5-15-10(16)7-19-9-3-1-8(2-4-9)11(17)18/h1-6,12H,7H2,(H,17,18). The fraction of sp³-hybridized carbons (Fsp3) is 0.167. The number of aromatic carboxylic acids is 1. The van der Waals surface area contributed by atoms with Crippen molar-refractivity contribution in [2.75, 3.05) is 0 Å². The van der Waals surface area contributed by atoms with Gasteiger partial charge in [-0.2, -0.15) is 8.78 Å². The highest BCUT2D eigenvalue weighted by Gasteiger charge is 2.11. The van der Waals surface area contributed by atoms with E-state index in [2.05, 4.69) is 4.98 Å². The lowest BCUT2D eigenvalue weighted by Crippen LogP contribution is -2.07. The van der Waals surface area contributed by atoms with Crippen molar-refractivity contribution in [3.05, 3.63) is 48.0 Å². The van der Waals surface area contributed by atoms with Gasteiger partial charge in [-0.3, -0.25) is 4.57 Å². The Morgan fingerprint density at radius 3 is 2.63 bits per heavy atom. The van der Waals surface area contributed by atoms with Crippen molar-refractivity contribution in [3.8, 4) is 5.75 Å². The van der Waals surface area contributed by atoms with Crippen LogP contribution in [0.4, 0.5) is 8.78 Å². The Balaban J connectivity index is 2.02. The molecule has 1 aromatic carbocycles. The van der Waals surface area contributed by atoms with E-state index in [4.69, 9.17) is 9.84 Å². The van der Waals surface area contributed by atoms with Crippen LogP contribution in [-0.4, -0.2) is 20.6 Å². The lowest BCUT2D eigenvalue weighted by atomic mass is 10.2. The molecule has 0 spiro atoms. The quantitative estimate of drug-likeness (QED) is 0.905. The Labute approximate surface area is 107 Å². The predicted molar refractivity (Wildman–Crippen MR) is 61.2 cm³/mol. The van der Waals surface area contributed by atoms with Crippen molar-refractivity contribution in [1.82, 2.24) is 9.55 Å². The van der Waals surface area contributed by atoms with E-state index in [-0.39, 0.29) is 18.0 Å². The number of alkyl halides is 2. The van der Waals surface area contributed by atoms with E-state index in [1.165, 1.54) is 30.5 Å². The van der Waals surface area contributed by atoms with Crippen molar-refractivity contribution in [2.45, 2.75) is 13.2 Å². The topological polar surface area (TPSA) is 64.3 Å². The Hall–Kier alpha value is -2.44. The van der Waals surface area contributed by atoms with Gasteiger partial charge in [0.15, 0.2) is 5.82 Å². The van der Waals surface area contributed by atoms with Gasteiger partial charge in [0.2, 0.25) is 0 Å². The van der Waals surface area contributed by atoms with Crippen LogP contribution in [0.15, 0.2) is 36.7 Å². The van der Waals surface area contributed by atoms with Gasteiger partial charge in [-0.1, -0.05) is 0 Å². The van der Waals surface area contributed by atoms with Gasteiger partial charge < -0.3 is 9.84 Å². The molecule has 7 heteroatoms. The van der Waals surface area contributed by atoms with Gasteiger partial charge in [0.1, 0.15) is 12.4 Å². The molecule has 2 rings (SSSR count). The van der Waals surface area contributed by atoms with Crippen LogP contribution in [0.3, 0.4) is 0 Å². The molecule has 5 nitrogen and oxygen atoms in total. The number of benzene rings is 1. The number of carbonyl (C=O) groups is 1. The lowest BCUT2D eigenvalue weighted by molar-refractivity contribution is 0.0631. The zero-order valence-corrected chi connectivity index (χ0v) is 9.66. The summed E-state index contributed by atoms with van der Waals surface area (Å²) in [6.45, 7) is -2.79. The first kappa shape index (κ1) is 13.0. The third-order valence-electron chi connectivity index (χ3n) is 2.43. The molecular formula is C12H10F2N2O3. The molecule has 0 aliphatic carbocycles. The molecule has 0 fully saturated rings. The van der Waals surface area contributed by atoms with Gasteiger partial charge in [0.05, 0.1) is 5.56 Å². The summed E-state index contributed by atoms with van der Waals surface area (Å²) in [7, 11) is 0. The normalized spacial score (nSPS) is 10.7. The summed E-state index contributed by atoms with van der Waals surface area (Å²) in [5.41, 5.74) is 0.126. The second-order valence-electron chi connectivity index (χ2n) is 3.65. The minimum Gasteiger partial charge on any atom is -0.486 e. The maximum absolute atomic E-state index is 12.5. The van der Waals surface area contributed by atoms with Gasteiger partial charge in [0, 0.05) is 12.4 Å². The number of ether oxygens (including phenoxy) is 1. The van der Waals surface area contributed by atoms with Crippen molar-refractivity contribution >= 4 is 5.97 Å². The number of nitrogens with zero attached hydrogens (tertiary/aromatic N) is 2.